The van der Waals surface area contributed by atoms with E-state index in [0.717, 1.165) is 27.9 Å². The van der Waals surface area contributed by atoms with Crippen molar-refractivity contribution in [3.8, 4) is 0 Å². The summed E-state index contributed by atoms with van der Waals surface area (Å²) in [6.45, 7) is 0. The van der Waals surface area contributed by atoms with Crippen LogP contribution in [0.2, 0.25) is 0 Å². The Hall–Kier alpha value is -3.58. The van der Waals surface area contributed by atoms with Crippen molar-refractivity contribution in [3.63, 3.8) is 0 Å². The van der Waals surface area contributed by atoms with E-state index in [-0.39, 0.29) is 4.90 Å². The number of hydrazone groups is 1. The SMILES string of the molecule is O=S(=O)(c1ccccc1)N1N=C(c2ccccc2)CC1c1ccc2nccnc2c1. The van der Waals surface area contributed by atoms with Gasteiger partial charge in [-0.25, -0.2) is 0 Å². The summed E-state index contributed by atoms with van der Waals surface area (Å²) in [5.41, 5.74) is 3.96. The fraction of sp³-hybridized carbons (Fsp3) is 0.0870. The molecule has 0 spiro atoms. The third-order valence-corrected chi connectivity index (χ3v) is 6.84. The first-order valence-corrected chi connectivity index (χ1v) is 11.0. The highest BCUT2D eigenvalue weighted by molar-refractivity contribution is 7.89. The predicted molar refractivity (Wildman–Crippen MR) is 115 cm³/mol. The molecule has 1 aliphatic heterocycles. The molecule has 6 nitrogen and oxygen atoms in total. The molecular weight excluding hydrogens is 396 g/mol. The smallest absolute Gasteiger partial charge is 0.253 e. The van der Waals surface area contributed by atoms with Gasteiger partial charge in [0, 0.05) is 18.8 Å². The Labute approximate surface area is 174 Å². The maximum absolute atomic E-state index is 13.4. The Morgan fingerprint density at radius 2 is 1.47 bits per heavy atom. The van der Waals surface area contributed by atoms with Crippen molar-refractivity contribution < 1.29 is 8.42 Å². The first-order chi connectivity index (χ1) is 14.6. The standard InChI is InChI=1S/C23H18N4O2S/c28-30(29,19-9-5-2-6-10-19)27-23(16-21(26-27)17-7-3-1-4-8-17)18-11-12-20-22(15-18)25-14-13-24-20/h1-15,23H,16H2. The number of benzene rings is 3. The predicted octanol–water partition coefficient (Wildman–Crippen LogP) is 4.17. The number of hydrogen-bond acceptors (Lipinski definition) is 5. The summed E-state index contributed by atoms with van der Waals surface area (Å²) in [6.07, 6.45) is 3.74. The van der Waals surface area contributed by atoms with Crippen molar-refractivity contribution in [1.82, 2.24) is 14.4 Å². The fourth-order valence-corrected chi connectivity index (χ4v) is 5.11. The van der Waals surface area contributed by atoms with Crippen LogP contribution in [-0.2, 0) is 10.0 Å². The minimum absolute atomic E-state index is 0.216. The maximum Gasteiger partial charge on any atom is 0.279 e. The molecule has 0 fully saturated rings. The largest absolute Gasteiger partial charge is 0.279 e. The van der Waals surface area contributed by atoms with E-state index in [2.05, 4.69) is 15.1 Å². The molecule has 0 bridgehead atoms. The number of sulfonamides is 1. The normalized spacial score (nSPS) is 16.6. The number of rotatable bonds is 4. The number of fused-ring (bicyclic) bond motifs is 1. The van der Waals surface area contributed by atoms with Crippen molar-refractivity contribution in [1.29, 1.82) is 0 Å². The highest BCUT2D eigenvalue weighted by atomic mass is 32.2. The van der Waals surface area contributed by atoms with Crippen LogP contribution in [-0.4, -0.2) is 28.5 Å². The molecule has 2 heterocycles. The number of aromatic nitrogens is 2. The molecule has 0 amide bonds. The van der Waals surface area contributed by atoms with Gasteiger partial charge in [0.2, 0.25) is 0 Å². The van der Waals surface area contributed by atoms with Gasteiger partial charge in [-0.3, -0.25) is 9.97 Å². The van der Waals surface area contributed by atoms with Gasteiger partial charge in [-0.2, -0.15) is 17.9 Å². The van der Waals surface area contributed by atoms with Crippen LogP contribution >= 0.6 is 0 Å². The molecule has 3 aromatic carbocycles. The summed E-state index contributed by atoms with van der Waals surface area (Å²) < 4.78 is 28.1. The first-order valence-electron chi connectivity index (χ1n) is 9.56. The van der Waals surface area contributed by atoms with Crippen LogP contribution in [0.5, 0.6) is 0 Å². The quantitative estimate of drug-likeness (QED) is 0.502. The van der Waals surface area contributed by atoms with Crippen molar-refractivity contribution in [2.75, 3.05) is 0 Å². The third-order valence-electron chi connectivity index (χ3n) is 5.15. The Morgan fingerprint density at radius 1 is 0.800 bits per heavy atom. The van der Waals surface area contributed by atoms with Gasteiger partial charge >= 0.3 is 0 Å². The van der Waals surface area contributed by atoms with Gasteiger partial charge in [0.1, 0.15) is 0 Å². The van der Waals surface area contributed by atoms with E-state index in [9.17, 15) is 8.42 Å². The summed E-state index contributed by atoms with van der Waals surface area (Å²) in [7, 11) is -3.82. The second-order valence-electron chi connectivity index (χ2n) is 7.03. The molecule has 1 atom stereocenters. The zero-order valence-electron chi connectivity index (χ0n) is 16.0. The summed E-state index contributed by atoms with van der Waals surface area (Å²) in [4.78, 5) is 8.89. The van der Waals surface area contributed by atoms with Crippen LogP contribution in [0.1, 0.15) is 23.6 Å². The van der Waals surface area contributed by atoms with Gasteiger partial charge in [-0.15, -0.1) is 0 Å². The molecule has 0 saturated heterocycles. The van der Waals surface area contributed by atoms with Crippen LogP contribution in [0.25, 0.3) is 11.0 Å². The lowest BCUT2D eigenvalue weighted by Crippen LogP contribution is -2.27. The number of hydrogen-bond donors (Lipinski definition) is 0. The van der Waals surface area contributed by atoms with Crippen molar-refractivity contribution in [2.45, 2.75) is 17.4 Å². The van der Waals surface area contributed by atoms with Crippen molar-refractivity contribution in [2.24, 2.45) is 5.10 Å². The number of nitrogens with zero attached hydrogens (tertiary/aromatic N) is 4. The van der Waals surface area contributed by atoms with E-state index in [4.69, 9.17) is 0 Å². The molecule has 148 valence electrons. The van der Waals surface area contributed by atoms with Crippen LogP contribution in [0.4, 0.5) is 0 Å². The Balaban J connectivity index is 1.63. The summed E-state index contributed by atoms with van der Waals surface area (Å²) in [6, 6.07) is 23.3. The lowest BCUT2D eigenvalue weighted by molar-refractivity contribution is 0.371. The van der Waals surface area contributed by atoms with Crippen molar-refractivity contribution >= 4 is 26.8 Å². The molecule has 0 radical (unpaired) electrons. The van der Waals surface area contributed by atoms with E-state index in [1.165, 1.54) is 4.41 Å². The van der Waals surface area contributed by atoms with Crippen LogP contribution in [0.3, 0.4) is 0 Å². The van der Waals surface area contributed by atoms with Gasteiger partial charge in [-0.1, -0.05) is 54.6 Å². The van der Waals surface area contributed by atoms with E-state index >= 15 is 0 Å². The maximum atomic E-state index is 13.4. The van der Waals surface area contributed by atoms with E-state index in [1.807, 2.05) is 48.5 Å². The van der Waals surface area contributed by atoms with Gasteiger partial charge < -0.3 is 0 Å². The van der Waals surface area contributed by atoms with Crippen LogP contribution in [0.15, 0.2) is 101 Å². The molecule has 4 aromatic rings. The highest BCUT2D eigenvalue weighted by Crippen LogP contribution is 2.37. The third kappa shape index (κ3) is 3.23. The summed E-state index contributed by atoms with van der Waals surface area (Å²) in [5, 5.41) is 4.57. The lowest BCUT2D eigenvalue weighted by Gasteiger charge is -2.23. The van der Waals surface area contributed by atoms with E-state index in [0.29, 0.717) is 6.42 Å². The van der Waals surface area contributed by atoms with Gasteiger partial charge in [0.25, 0.3) is 10.0 Å². The Kier molecular flexibility index (Phi) is 4.52. The Morgan fingerprint density at radius 3 is 2.20 bits per heavy atom. The summed E-state index contributed by atoms with van der Waals surface area (Å²) in [5.74, 6) is 0. The topological polar surface area (TPSA) is 75.5 Å². The van der Waals surface area contributed by atoms with Gasteiger partial charge in [0.05, 0.1) is 27.7 Å². The zero-order chi connectivity index (χ0) is 20.6. The molecule has 0 aliphatic carbocycles. The lowest BCUT2D eigenvalue weighted by atomic mass is 9.99. The average Bonchev–Trinajstić information content (AvgIpc) is 3.26. The van der Waals surface area contributed by atoms with Gasteiger partial charge in [-0.05, 0) is 35.4 Å². The monoisotopic (exact) mass is 414 g/mol. The van der Waals surface area contributed by atoms with Crippen LogP contribution in [0, 0.1) is 0 Å². The van der Waals surface area contributed by atoms with Crippen molar-refractivity contribution in [3.05, 3.63) is 102 Å². The molecular formula is C23H18N4O2S. The molecule has 0 saturated carbocycles. The Bertz CT molecular complexity index is 1340. The highest BCUT2D eigenvalue weighted by Gasteiger charge is 2.37. The minimum atomic E-state index is -3.82. The fourth-order valence-electron chi connectivity index (χ4n) is 3.65. The molecule has 1 unspecified atom stereocenters. The van der Waals surface area contributed by atoms with E-state index in [1.54, 1.807) is 42.7 Å². The van der Waals surface area contributed by atoms with Gasteiger partial charge in [0.15, 0.2) is 0 Å². The second kappa shape index (κ2) is 7.35. The van der Waals surface area contributed by atoms with E-state index < -0.39 is 16.1 Å². The zero-order valence-corrected chi connectivity index (χ0v) is 16.8. The molecule has 1 aromatic heterocycles. The second-order valence-corrected chi connectivity index (χ2v) is 8.82. The minimum Gasteiger partial charge on any atom is -0.253 e. The molecule has 0 N–H and O–H groups in total. The first kappa shape index (κ1) is 18.4. The molecule has 7 heteroatoms. The van der Waals surface area contributed by atoms with Crippen LogP contribution < -0.4 is 0 Å². The molecule has 1 aliphatic rings. The summed E-state index contributed by atoms with van der Waals surface area (Å²) >= 11 is 0. The molecule has 30 heavy (non-hydrogen) atoms. The molecule has 5 rings (SSSR count). The average molecular weight is 414 g/mol.